The molecule has 0 amide bonds. The molecule has 0 radical (unpaired) electrons. The van der Waals surface area contributed by atoms with Crippen LogP contribution in [-0.4, -0.2) is 0 Å². The second kappa shape index (κ2) is 1.85. The van der Waals surface area contributed by atoms with Crippen molar-refractivity contribution >= 4 is 0 Å². The van der Waals surface area contributed by atoms with Crippen molar-refractivity contribution in [2.75, 3.05) is 0 Å². The molecule has 3 aliphatic carbocycles. The molecule has 0 nitrogen and oxygen atoms in total. The smallest absolute Gasteiger partial charge is 0.0142 e. The Morgan fingerprint density at radius 2 is 1.54 bits per heavy atom. The minimum absolute atomic E-state index is 0.811. The van der Waals surface area contributed by atoms with Crippen molar-refractivity contribution in [1.29, 1.82) is 0 Å². The molecular weight excluding hydrogens is 156 g/mol. The van der Waals surface area contributed by atoms with Crippen molar-refractivity contribution in [2.45, 2.75) is 41.0 Å². The van der Waals surface area contributed by atoms with Gasteiger partial charge in [0.1, 0.15) is 0 Å². The topological polar surface area (TPSA) is 0 Å². The van der Waals surface area contributed by atoms with Gasteiger partial charge >= 0.3 is 0 Å². The van der Waals surface area contributed by atoms with Gasteiger partial charge in [-0.15, -0.1) is 0 Å². The van der Waals surface area contributed by atoms with E-state index in [9.17, 15) is 0 Å². The standard InChI is InChI=1S/C13H22/c1-6-12-9(4)10(5)13(12)8(3)7(2)11(12)13/h7-11H,6H2,1-5H3. The zero-order valence-corrected chi connectivity index (χ0v) is 9.59. The van der Waals surface area contributed by atoms with E-state index in [0.717, 1.165) is 40.4 Å². The number of fused-ring (bicyclic) bond motifs is 1. The molecule has 0 heterocycles. The van der Waals surface area contributed by atoms with Crippen molar-refractivity contribution in [1.82, 2.24) is 0 Å². The fraction of sp³-hybridized carbons (Fsp3) is 1.00. The Morgan fingerprint density at radius 1 is 0.923 bits per heavy atom. The second-order valence-electron chi connectivity index (χ2n) is 6.03. The van der Waals surface area contributed by atoms with Crippen LogP contribution in [0.15, 0.2) is 0 Å². The van der Waals surface area contributed by atoms with Crippen LogP contribution in [-0.2, 0) is 0 Å². The molecule has 7 atom stereocenters. The van der Waals surface area contributed by atoms with Gasteiger partial charge in [0.2, 0.25) is 0 Å². The first kappa shape index (κ1) is 8.32. The molecule has 3 aliphatic rings. The van der Waals surface area contributed by atoms with Crippen LogP contribution in [0.2, 0.25) is 0 Å². The van der Waals surface area contributed by atoms with E-state index in [-0.39, 0.29) is 0 Å². The first-order chi connectivity index (χ1) is 6.06. The summed E-state index contributed by atoms with van der Waals surface area (Å²) in [6, 6.07) is 0. The van der Waals surface area contributed by atoms with Crippen LogP contribution >= 0.6 is 0 Å². The molecule has 13 heavy (non-hydrogen) atoms. The van der Waals surface area contributed by atoms with E-state index in [1.807, 2.05) is 0 Å². The van der Waals surface area contributed by atoms with Crippen LogP contribution in [0.4, 0.5) is 0 Å². The molecule has 0 saturated heterocycles. The van der Waals surface area contributed by atoms with Gasteiger partial charge in [0, 0.05) is 0 Å². The average Bonchev–Trinajstić information content (AvgIpc) is 2.71. The minimum atomic E-state index is 0.811. The molecule has 3 saturated carbocycles. The van der Waals surface area contributed by atoms with Crippen LogP contribution in [0.25, 0.3) is 0 Å². The molecule has 0 aromatic rings. The number of rotatable bonds is 1. The highest BCUT2D eigenvalue weighted by Gasteiger charge is 2.94. The predicted molar refractivity (Wildman–Crippen MR) is 55.3 cm³/mol. The maximum Gasteiger partial charge on any atom is -0.0142 e. The summed E-state index contributed by atoms with van der Waals surface area (Å²) in [4.78, 5) is 0. The molecule has 0 aliphatic heterocycles. The lowest BCUT2D eigenvalue weighted by Crippen LogP contribution is -2.49. The van der Waals surface area contributed by atoms with Crippen LogP contribution in [0.5, 0.6) is 0 Å². The van der Waals surface area contributed by atoms with Gasteiger partial charge in [-0.05, 0) is 46.8 Å². The highest BCUT2D eigenvalue weighted by molar-refractivity contribution is 5.41. The molecular formula is C13H22. The maximum absolute atomic E-state index is 2.50. The van der Waals surface area contributed by atoms with Gasteiger partial charge in [-0.25, -0.2) is 0 Å². The first-order valence-corrected chi connectivity index (χ1v) is 6.06. The Hall–Kier alpha value is 0. The summed E-state index contributed by atoms with van der Waals surface area (Å²) >= 11 is 0. The van der Waals surface area contributed by atoms with Crippen molar-refractivity contribution < 1.29 is 0 Å². The molecule has 1 spiro atoms. The second-order valence-corrected chi connectivity index (χ2v) is 6.03. The highest BCUT2D eigenvalue weighted by atomic mass is 15.0. The molecule has 0 aromatic heterocycles. The van der Waals surface area contributed by atoms with Crippen LogP contribution < -0.4 is 0 Å². The molecule has 3 rings (SSSR count). The summed E-state index contributed by atoms with van der Waals surface area (Å²) in [6.45, 7) is 12.4. The largest absolute Gasteiger partial charge is 0.0648 e. The Balaban J connectivity index is 2.01. The Morgan fingerprint density at radius 3 is 1.92 bits per heavy atom. The van der Waals surface area contributed by atoms with Crippen LogP contribution in [0.1, 0.15) is 41.0 Å². The summed E-state index contributed by atoms with van der Waals surface area (Å²) in [6.07, 6.45) is 1.44. The zero-order valence-electron chi connectivity index (χ0n) is 9.59. The van der Waals surface area contributed by atoms with Crippen LogP contribution in [0.3, 0.4) is 0 Å². The Labute approximate surface area is 82.1 Å². The van der Waals surface area contributed by atoms with Crippen molar-refractivity contribution in [3.05, 3.63) is 0 Å². The molecule has 0 aromatic carbocycles. The average molecular weight is 178 g/mol. The summed E-state index contributed by atoms with van der Waals surface area (Å²) in [7, 11) is 0. The molecule has 7 unspecified atom stereocenters. The third kappa shape index (κ3) is 0.444. The van der Waals surface area contributed by atoms with Gasteiger partial charge < -0.3 is 0 Å². The van der Waals surface area contributed by atoms with Crippen molar-refractivity contribution in [3.63, 3.8) is 0 Å². The van der Waals surface area contributed by atoms with Gasteiger partial charge in [-0.1, -0.05) is 34.6 Å². The number of hydrogen-bond donors (Lipinski definition) is 0. The van der Waals surface area contributed by atoms with Crippen molar-refractivity contribution in [2.24, 2.45) is 40.4 Å². The summed E-state index contributed by atoms with van der Waals surface area (Å²) < 4.78 is 0. The summed E-state index contributed by atoms with van der Waals surface area (Å²) in [5.74, 6) is 5.18. The maximum atomic E-state index is 2.50. The predicted octanol–water partition coefficient (Wildman–Crippen LogP) is 3.57. The lowest BCUT2D eigenvalue weighted by Gasteiger charge is -2.54. The fourth-order valence-electron chi connectivity index (χ4n) is 6.27. The van der Waals surface area contributed by atoms with Gasteiger partial charge in [-0.3, -0.25) is 0 Å². The molecule has 0 heteroatoms. The van der Waals surface area contributed by atoms with Gasteiger partial charge in [0.15, 0.2) is 0 Å². The summed E-state index contributed by atoms with van der Waals surface area (Å²) in [5, 5.41) is 0. The van der Waals surface area contributed by atoms with E-state index in [1.165, 1.54) is 6.42 Å². The molecule has 0 N–H and O–H groups in total. The normalized spacial score (nSPS) is 73.2. The van der Waals surface area contributed by atoms with E-state index in [0.29, 0.717) is 0 Å². The lowest BCUT2D eigenvalue weighted by atomic mass is 9.50. The Kier molecular flexibility index (Phi) is 1.19. The molecule has 3 fully saturated rings. The first-order valence-electron chi connectivity index (χ1n) is 6.06. The van der Waals surface area contributed by atoms with Crippen molar-refractivity contribution in [3.8, 4) is 0 Å². The van der Waals surface area contributed by atoms with E-state index in [1.54, 1.807) is 0 Å². The minimum Gasteiger partial charge on any atom is -0.0648 e. The monoisotopic (exact) mass is 178 g/mol. The highest BCUT2D eigenvalue weighted by Crippen LogP contribution is 2.98. The van der Waals surface area contributed by atoms with Gasteiger partial charge in [-0.2, -0.15) is 0 Å². The van der Waals surface area contributed by atoms with Gasteiger partial charge in [0.25, 0.3) is 0 Å². The van der Waals surface area contributed by atoms with E-state index < -0.39 is 0 Å². The third-order valence-corrected chi connectivity index (χ3v) is 6.76. The fourth-order valence-corrected chi connectivity index (χ4v) is 6.27. The Bertz CT molecular complexity index is 247. The lowest BCUT2D eigenvalue weighted by molar-refractivity contribution is -0.0682. The summed E-state index contributed by atoms with van der Waals surface area (Å²) in [5.41, 5.74) is 1.64. The quantitative estimate of drug-likeness (QED) is 0.576. The third-order valence-electron chi connectivity index (χ3n) is 6.76. The van der Waals surface area contributed by atoms with E-state index >= 15 is 0 Å². The van der Waals surface area contributed by atoms with E-state index in [2.05, 4.69) is 34.6 Å². The SMILES string of the molecule is CCC12C(C)C(C)C13C(C)C(C)C23. The van der Waals surface area contributed by atoms with Crippen LogP contribution in [0, 0.1) is 40.4 Å². The zero-order chi connectivity index (χ0) is 9.59. The molecule has 0 bridgehead atoms. The van der Waals surface area contributed by atoms with Gasteiger partial charge in [0.05, 0.1) is 0 Å². The van der Waals surface area contributed by atoms with E-state index in [4.69, 9.17) is 0 Å². The number of hydrogen-bond acceptors (Lipinski definition) is 0. The molecule has 74 valence electrons.